The van der Waals surface area contributed by atoms with Crippen LogP contribution in [0.3, 0.4) is 0 Å². The highest BCUT2D eigenvalue weighted by atomic mass is 32.1. The molecule has 110 valence electrons. The predicted octanol–water partition coefficient (Wildman–Crippen LogP) is 3.83. The molecule has 3 nitrogen and oxygen atoms in total. The van der Waals surface area contributed by atoms with Gasteiger partial charge < -0.3 is 10.5 Å². The van der Waals surface area contributed by atoms with Crippen molar-refractivity contribution in [2.75, 3.05) is 0 Å². The molecule has 1 saturated carbocycles. The van der Waals surface area contributed by atoms with E-state index in [4.69, 9.17) is 22.7 Å². The number of ether oxygens (including phenoxy) is 1. The molecule has 1 aliphatic rings. The first-order chi connectivity index (χ1) is 10.1. The van der Waals surface area contributed by atoms with Crippen molar-refractivity contribution in [3.8, 4) is 5.88 Å². The Morgan fingerprint density at radius 1 is 1.24 bits per heavy atom. The maximum atomic E-state index is 6.08. The number of para-hydroxylation sites is 1. The molecule has 1 aliphatic carbocycles. The van der Waals surface area contributed by atoms with Crippen molar-refractivity contribution in [2.24, 2.45) is 11.7 Å². The topological polar surface area (TPSA) is 48.1 Å². The van der Waals surface area contributed by atoms with Gasteiger partial charge in [-0.25, -0.2) is 4.98 Å². The molecule has 1 fully saturated rings. The second-order valence-corrected chi connectivity index (χ2v) is 6.33. The largest absolute Gasteiger partial charge is 0.474 e. The lowest BCUT2D eigenvalue weighted by atomic mass is 9.89. The fraction of sp³-hybridized carbons (Fsp3) is 0.412. The van der Waals surface area contributed by atoms with E-state index in [1.54, 1.807) is 0 Å². The van der Waals surface area contributed by atoms with Gasteiger partial charge in [-0.1, -0.05) is 37.3 Å². The molecule has 0 amide bonds. The first-order valence-electron chi connectivity index (χ1n) is 7.49. The Bertz CT molecular complexity index is 663. The highest BCUT2D eigenvalue weighted by Crippen LogP contribution is 2.28. The molecule has 0 aliphatic heterocycles. The van der Waals surface area contributed by atoms with Crippen LogP contribution in [0.2, 0.25) is 0 Å². The number of aromatic nitrogens is 1. The number of rotatable bonds is 3. The minimum Gasteiger partial charge on any atom is -0.474 e. The van der Waals surface area contributed by atoms with Crippen LogP contribution in [0.1, 0.15) is 38.2 Å². The maximum absolute atomic E-state index is 6.08. The van der Waals surface area contributed by atoms with Gasteiger partial charge in [0.1, 0.15) is 11.1 Å². The minimum atomic E-state index is 0.258. The van der Waals surface area contributed by atoms with Crippen molar-refractivity contribution in [1.29, 1.82) is 0 Å². The zero-order valence-corrected chi connectivity index (χ0v) is 13.0. The number of hydrogen-bond acceptors (Lipinski definition) is 3. The average molecular weight is 300 g/mol. The van der Waals surface area contributed by atoms with E-state index >= 15 is 0 Å². The van der Waals surface area contributed by atoms with E-state index in [1.165, 1.54) is 12.8 Å². The molecule has 0 spiro atoms. The Labute approximate surface area is 130 Å². The van der Waals surface area contributed by atoms with Crippen LogP contribution in [-0.2, 0) is 0 Å². The lowest BCUT2D eigenvalue weighted by molar-refractivity contribution is 0.130. The molecule has 0 atom stereocenters. The molecule has 2 N–H and O–H groups in total. The van der Waals surface area contributed by atoms with Gasteiger partial charge in [0.2, 0.25) is 5.88 Å². The van der Waals surface area contributed by atoms with Gasteiger partial charge in [0, 0.05) is 17.0 Å². The number of thiocarbonyl (C=S) groups is 1. The van der Waals surface area contributed by atoms with E-state index in [-0.39, 0.29) is 6.10 Å². The number of fused-ring (bicyclic) bond motifs is 1. The zero-order chi connectivity index (χ0) is 14.8. The van der Waals surface area contributed by atoms with Crippen LogP contribution in [0.5, 0.6) is 5.88 Å². The van der Waals surface area contributed by atoms with Crippen LogP contribution in [0.15, 0.2) is 30.3 Å². The van der Waals surface area contributed by atoms with Crippen LogP contribution < -0.4 is 10.5 Å². The highest BCUT2D eigenvalue weighted by Gasteiger charge is 2.20. The molecule has 0 bridgehead atoms. The summed E-state index contributed by atoms with van der Waals surface area (Å²) in [5.41, 5.74) is 7.57. The molecule has 1 aromatic heterocycles. The zero-order valence-electron chi connectivity index (χ0n) is 12.2. The average Bonchev–Trinajstić information content (AvgIpc) is 2.48. The number of hydrogen-bond donors (Lipinski definition) is 1. The van der Waals surface area contributed by atoms with Crippen LogP contribution in [0.4, 0.5) is 0 Å². The van der Waals surface area contributed by atoms with Crippen molar-refractivity contribution >= 4 is 28.1 Å². The summed E-state index contributed by atoms with van der Waals surface area (Å²) in [5, 5.41) is 0.981. The van der Waals surface area contributed by atoms with E-state index in [1.807, 2.05) is 30.3 Å². The number of nitrogens with zero attached hydrogens (tertiary/aromatic N) is 1. The summed E-state index contributed by atoms with van der Waals surface area (Å²) in [6.07, 6.45) is 4.89. The standard InChI is InChI=1S/C17H20N2OS/c1-11-6-8-12(9-7-11)20-16-10-14(17(18)21)13-4-2-3-5-15(13)19-16/h2-5,10-12H,6-9H2,1H3,(H2,18,21). The van der Waals surface area contributed by atoms with Crippen molar-refractivity contribution in [3.63, 3.8) is 0 Å². The second kappa shape index (κ2) is 5.98. The third kappa shape index (κ3) is 3.16. The van der Waals surface area contributed by atoms with Gasteiger partial charge in [0.05, 0.1) is 5.52 Å². The van der Waals surface area contributed by atoms with Crippen LogP contribution >= 0.6 is 12.2 Å². The molecule has 1 heterocycles. The van der Waals surface area contributed by atoms with E-state index < -0.39 is 0 Å². The Balaban J connectivity index is 1.90. The van der Waals surface area contributed by atoms with E-state index in [0.29, 0.717) is 10.9 Å². The summed E-state index contributed by atoms with van der Waals surface area (Å²) >= 11 is 5.16. The molecule has 2 aromatic rings. The monoisotopic (exact) mass is 300 g/mol. The fourth-order valence-electron chi connectivity index (χ4n) is 2.93. The van der Waals surface area contributed by atoms with Crippen LogP contribution in [0.25, 0.3) is 10.9 Å². The normalized spacial score (nSPS) is 22.1. The summed E-state index contributed by atoms with van der Waals surface area (Å²) in [7, 11) is 0. The van der Waals surface area contributed by atoms with Gasteiger partial charge in [-0.3, -0.25) is 0 Å². The third-order valence-corrected chi connectivity index (χ3v) is 4.43. The third-order valence-electron chi connectivity index (χ3n) is 4.21. The Morgan fingerprint density at radius 3 is 2.67 bits per heavy atom. The quantitative estimate of drug-likeness (QED) is 0.875. The summed E-state index contributed by atoms with van der Waals surface area (Å²) in [6, 6.07) is 9.76. The van der Waals surface area contributed by atoms with Gasteiger partial charge in [-0.05, 0) is 37.7 Å². The molecule has 0 unspecified atom stereocenters. The molecule has 1 aromatic carbocycles. The van der Waals surface area contributed by atoms with Gasteiger partial charge in [0.15, 0.2) is 0 Å². The van der Waals surface area contributed by atoms with Crippen molar-refractivity contribution in [2.45, 2.75) is 38.7 Å². The van der Waals surface area contributed by atoms with Gasteiger partial charge in [0.25, 0.3) is 0 Å². The second-order valence-electron chi connectivity index (χ2n) is 5.89. The van der Waals surface area contributed by atoms with Gasteiger partial charge >= 0.3 is 0 Å². The fourth-order valence-corrected chi connectivity index (χ4v) is 3.10. The first-order valence-corrected chi connectivity index (χ1v) is 7.90. The van der Waals surface area contributed by atoms with E-state index in [0.717, 1.165) is 35.2 Å². The molecule has 0 saturated heterocycles. The smallest absolute Gasteiger partial charge is 0.214 e. The molecular formula is C17H20N2OS. The maximum Gasteiger partial charge on any atom is 0.214 e. The first kappa shape index (κ1) is 14.3. The lowest BCUT2D eigenvalue weighted by Crippen LogP contribution is -2.23. The summed E-state index contributed by atoms with van der Waals surface area (Å²) < 4.78 is 6.08. The Kier molecular flexibility index (Phi) is 4.06. The summed E-state index contributed by atoms with van der Waals surface area (Å²) in [5.74, 6) is 1.44. The molecular weight excluding hydrogens is 280 g/mol. The number of nitrogens with two attached hydrogens (primary N) is 1. The number of benzene rings is 1. The van der Waals surface area contributed by atoms with Crippen LogP contribution in [0, 0.1) is 5.92 Å². The van der Waals surface area contributed by atoms with Crippen LogP contribution in [-0.4, -0.2) is 16.1 Å². The SMILES string of the molecule is CC1CCC(Oc2cc(C(N)=S)c3ccccc3n2)CC1. The molecule has 3 rings (SSSR count). The molecule has 4 heteroatoms. The van der Waals surface area contributed by atoms with Gasteiger partial charge in [-0.2, -0.15) is 0 Å². The highest BCUT2D eigenvalue weighted by molar-refractivity contribution is 7.80. The Morgan fingerprint density at radius 2 is 1.95 bits per heavy atom. The van der Waals surface area contributed by atoms with E-state index in [9.17, 15) is 0 Å². The summed E-state index contributed by atoms with van der Waals surface area (Å²) in [4.78, 5) is 4.98. The lowest BCUT2D eigenvalue weighted by Gasteiger charge is -2.26. The van der Waals surface area contributed by atoms with Crippen molar-refractivity contribution < 1.29 is 4.74 Å². The summed E-state index contributed by atoms with van der Waals surface area (Å²) in [6.45, 7) is 2.30. The molecule has 0 radical (unpaired) electrons. The van der Waals surface area contributed by atoms with Crippen molar-refractivity contribution in [1.82, 2.24) is 4.98 Å². The number of pyridine rings is 1. The van der Waals surface area contributed by atoms with Gasteiger partial charge in [-0.15, -0.1) is 0 Å². The van der Waals surface area contributed by atoms with Crippen molar-refractivity contribution in [3.05, 3.63) is 35.9 Å². The Hall–Kier alpha value is -1.68. The van der Waals surface area contributed by atoms with E-state index in [2.05, 4.69) is 11.9 Å². The minimum absolute atomic E-state index is 0.258. The predicted molar refractivity (Wildman–Crippen MR) is 89.7 cm³/mol. The molecule has 21 heavy (non-hydrogen) atoms.